The molecule has 3 heteroatoms. The van der Waals surface area contributed by atoms with Gasteiger partial charge in [-0.2, -0.15) is 0 Å². The fourth-order valence-corrected chi connectivity index (χ4v) is 3.25. The minimum absolute atomic E-state index is 0.727. The van der Waals surface area contributed by atoms with Crippen LogP contribution < -0.4 is 5.32 Å². The van der Waals surface area contributed by atoms with Crippen LogP contribution in [0.4, 0.5) is 0 Å². The monoisotopic (exact) mass is 239 g/mol. The van der Waals surface area contributed by atoms with Crippen LogP contribution in [0.2, 0.25) is 0 Å². The van der Waals surface area contributed by atoms with E-state index in [0.717, 1.165) is 18.0 Å². The van der Waals surface area contributed by atoms with Gasteiger partial charge in [-0.05, 0) is 38.8 Å². The lowest BCUT2D eigenvalue weighted by molar-refractivity contribution is 0.0766. The SMILES string of the molecule is CCC1CN(CC2NCCCC2C)CCN1C. The highest BCUT2D eigenvalue weighted by molar-refractivity contribution is 4.85. The molecule has 0 spiro atoms. The van der Waals surface area contributed by atoms with E-state index in [-0.39, 0.29) is 0 Å². The molecular formula is C14H29N3. The molecule has 3 unspecified atom stereocenters. The largest absolute Gasteiger partial charge is 0.312 e. The van der Waals surface area contributed by atoms with Gasteiger partial charge in [0.1, 0.15) is 0 Å². The number of piperidine rings is 1. The van der Waals surface area contributed by atoms with Crippen LogP contribution in [0.5, 0.6) is 0 Å². The van der Waals surface area contributed by atoms with Gasteiger partial charge in [0.2, 0.25) is 0 Å². The molecule has 0 aromatic rings. The quantitative estimate of drug-likeness (QED) is 0.803. The van der Waals surface area contributed by atoms with Gasteiger partial charge in [-0.1, -0.05) is 13.8 Å². The maximum atomic E-state index is 3.70. The highest BCUT2D eigenvalue weighted by Gasteiger charge is 2.27. The molecule has 3 atom stereocenters. The molecule has 2 fully saturated rings. The van der Waals surface area contributed by atoms with E-state index in [4.69, 9.17) is 0 Å². The molecule has 0 aromatic heterocycles. The predicted octanol–water partition coefficient (Wildman–Crippen LogP) is 1.40. The molecule has 2 heterocycles. The maximum Gasteiger partial charge on any atom is 0.0220 e. The minimum atomic E-state index is 0.727. The Bertz CT molecular complexity index is 232. The zero-order chi connectivity index (χ0) is 12.3. The molecule has 0 bridgehead atoms. The van der Waals surface area contributed by atoms with Crippen molar-refractivity contribution in [3.8, 4) is 0 Å². The summed E-state index contributed by atoms with van der Waals surface area (Å²) in [5, 5.41) is 3.70. The smallest absolute Gasteiger partial charge is 0.0220 e. The van der Waals surface area contributed by atoms with Crippen molar-refractivity contribution >= 4 is 0 Å². The second-order valence-corrected chi connectivity index (χ2v) is 5.98. The third-order valence-corrected chi connectivity index (χ3v) is 4.72. The van der Waals surface area contributed by atoms with Gasteiger partial charge >= 0.3 is 0 Å². The number of likely N-dealkylation sites (N-methyl/N-ethyl adjacent to an activating group) is 1. The Morgan fingerprint density at radius 1 is 1.29 bits per heavy atom. The third kappa shape index (κ3) is 3.43. The fraction of sp³-hybridized carbons (Fsp3) is 1.00. The maximum absolute atomic E-state index is 3.70. The molecule has 1 N–H and O–H groups in total. The van der Waals surface area contributed by atoms with E-state index in [0.29, 0.717) is 0 Å². The number of nitrogens with one attached hydrogen (secondary N) is 1. The van der Waals surface area contributed by atoms with Crippen LogP contribution in [0.3, 0.4) is 0 Å². The molecule has 0 aliphatic carbocycles. The first-order valence-corrected chi connectivity index (χ1v) is 7.36. The number of hydrogen-bond donors (Lipinski definition) is 1. The van der Waals surface area contributed by atoms with Gasteiger partial charge in [-0.3, -0.25) is 4.90 Å². The van der Waals surface area contributed by atoms with Gasteiger partial charge in [-0.25, -0.2) is 0 Å². The van der Waals surface area contributed by atoms with Crippen molar-refractivity contribution in [1.29, 1.82) is 0 Å². The second kappa shape index (κ2) is 6.17. The topological polar surface area (TPSA) is 18.5 Å². The molecule has 17 heavy (non-hydrogen) atoms. The molecule has 0 radical (unpaired) electrons. The van der Waals surface area contributed by atoms with Crippen LogP contribution in [0.25, 0.3) is 0 Å². The van der Waals surface area contributed by atoms with Crippen LogP contribution in [0.1, 0.15) is 33.1 Å². The van der Waals surface area contributed by atoms with E-state index in [9.17, 15) is 0 Å². The lowest BCUT2D eigenvalue weighted by Gasteiger charge is -2.42. The van der Waals surface area contributed by atoms with Crippen LogP contribution in [0.15, 0.2) is 0 Å². The van der Waals surface area contributed by atoms with Crippen molar-refractivity contribution in [2.75, 3.05) is 39.8 Å². The minimum Gasteiger partial charge on any atom is -0.312 e. The average Bonchev–Trinajstić information content (AvgIpc) is 2.34. The lowest BCUT2D eigenvalue weighted by Crippen LogP contribution is -2.56. The fourth-order valence-electron chi connectivity index (χ4n) is 3.25. The van der Waals surface area contributed by atoms with Crippen molar-refractivity contribution in [2.24, 2.45) is 5.92 Å². The summed E-state index contributed by atoms with van der Waals surface area (Å²) < 4.78 is 0. The summed E-state index contributed by atoms with van der Waals surface area (Å²) in [5.41, 5.74) is 0. The van der Waals surface area contributed by atoms with Crippen molar-refractivity contribution < 1.29 is 0 Å². The van der Waals surface area contributed by atoms with E-state index in [1.807, 2.05) is 0 Å². The van der Waals surface area contributed by atoms with E-state index in [1.54, 1.807) is 0 Å². The van der Waals surface area contributed by atoms with Crippen molar-refractivity contribution in [3.05, 3.63) is 0 Å². The summed E-state index contributed by atoms with van der Waals surface area (Å²) >= 11 is 0. The Morgan fingerprint density at radius 2 is 2.12 bits per heavy atom. The zero-order valence-electron chi connectivity index (χ0n) is 11.8. The average molecular weight is 239 g/mol. The molecule has 3 nitrogen and oxygen atoms in total. The second-order valence-electron chi connectivity index (χ2n) is 5.98. The van der Waals surface area contributed by atoms with Gasteiger partial charge in [0.25, 0.3) is 0 Å². The first kappa shape index (κ1) is 13.3. The third-order valence-electron chi connectivity index (χ3n) is 4.72. The molecule has 0 saturated carbocycles. The van der Waals surface area contributed by atoms with Crippen molar-refractivity contribution in [1.82, 2.24) is 15.1 Å². The summed E-state index contributed by atoms with van der Waals surface area (Å²) in [4.78, 5) is 5.20. The molecule has 100 valence electrons. The summed E-state index contributed by atoms with van der Waals surface area (Å²) in [7, 11) is 2.27. The molecule has 2 aliphatic rings. The van der Waals surface area contributed by atoms with E-state index in [2.05, 4.69) is 36.0 Å². The van der Waals surface area contributed by atoms with Crippen LogP contribution in [-0.2, 0) is 0 Å². The van der Waals surface area contributed by atoms with Gasteiger partial charge in [0, 0.05) is 38.3 Å². The van der Waals surface area contributed by atoms with Crippen LogP contribution >= 0.6 is 0 Å². The van der Waals surface area contributed by atoms with Crippen LogP contribution in [0, 0.1) is 5.92 Å². The Hall–Kier alpha value is -0.120. The Kier molecular flexibility index (Phi) is 4.83. The predicted molar refractivity (Wildman–Crippen MR) is 73.3 cm³/mol. The first-order valence-electron chi connectivity index (χ1n) is 7.36. The normalized spacial score (nSPS) is 37.2. The summed E-state index contributed by atoms with van der Waals surface area (Å²) in [6.07, 6.45) is 4.04. The molecule has 2 saturated heterocycles. The highest BCUT2D eigenvalue weighted by Crippen LogP contribution is 2.18. The van der Waals surface area contributed by atoms with Gasteiger partial charge in [0.05, 0.1) is 0 Å². The van der Waals surface area contributed by atoms with E-state index >= 15 is 0 Å². The van der Waals surface area contributed by atoms with Gasteiger partial charge < -0.3 is 10.2 Å². The van der Waals surface area contributed by atoms with Crippen molar-refractivity contribution in [3.63, 3.8) is 0 Å². The van der Waals surface area contributed by atoms with Crippen molar-refractivity contribution in [2.45, 2.75) is 45.2 Å². The van der Waals surface area contributed by atoms with Gasteiger partial charge in [0.15, 0.2) is 0 Å². The number of hydrogen-bond acceptors (Lipinski definition) is 3. The number of nitrogens with zero attached hydrogens (tertiary/aromatic N) is 2. The highest BCUT2D eigenvalue weighted by atomic mass is 15.3. The standard InChI is InChI=1S/C14H29N3/c1-4-13-10-17(9-8-16(13)3)11-14-12(2)6-5-7-15-14/h12-15H,4-11H2,1-3H3. The summed E-state index contributed by atoms with van der Waals surface area (Å²) in [6.45, 7) is 10.9. The number of piperazine rings is 1. The molecule has 0 aromatic carbocycles. The first-order chi connectivity index (χ1) is 8.20. The zero-order valence-corrected chi connectivity index (χ0v) is 11.8. The van der Waals surface area contributed by atoms with Gasteiger partial charge in [-0.15, -0.1) is 0 Å². The molecule has 0 amide bonds. The Balaban J connectivity index is 1.82. The van der Waals surface area contributed by atoms with E-state index < -0.39 is 0 Å². The summed E-state index contributed by atoms with van der Waals surface area (Å²) in [6, 6.07) is 1.49. The lowest BCUT2D eigenvalue weighted by atomic mass is 9.92. The Morgan fingerprint density at radius 3 is 2.82 bits per heavy atom. The molecular weight excluding hydrogens is 210 g/mol. The summed E-state index contributed by atoms with van der Waals surface area (Å²) in [5.74, 6) is 0.850. The molecule has 2 aliphatic heterocycles. The van der Waals surface area contributed by atoms with Crippen LogP contribution in [-0.4, -0.2) is 61.7 Å². The number of rotatable bonds is 3. The Labute approximate surface area is 107 Å². The molecule has 2 rings (SSSR count). The van der Waals surface area contributed by atoms with E-state index in [1.165, 1.54) is 52.0 Å².